The summed E-state index contributed by atoms with van der Waals surface area (Å²) in [5, 5.41) is 2.88. The van der Waals surface area contributed by atoms with Crippen molar-refractivity contribution in [3.8, 4) is 0 Å². The Morgan fingerprint density at radius 2 is 1.75 bits per heavy atom. The molecule has 78 valence electrons. The van der Waals surface area contributed by atoms with E-state index < -0.39 is 0 Å². The van der Waals surface area contributed by atoms with Gasteiger partial charge in [0.15, 0.2) is 0 Å². The topological polar surface area (TPSA) is 0 Å². The number of allylic oxidation sites excluding steroid dienone is 1. The van der Waals surface area contributed by atoms with Gasteiger partial charge < -0.3 is 0 Å². The molecule has 0 N–H and O–H groups in total. The molecular formula is C16H14. The molecule has 4 rings (SSSR count). The molecule has 1 fully saturated rings. The van der Waals surface area contributed by atoms with Crippen molar-refractivity contribution in [2.75, 3.05) is 0 Å². The van der Waals surface area contributed by atoms with E-state index in [1.165, 1.54) is 29.2 Å². The zero-order chi connectivity index (χ0) is 10.5. The third-order valence-electron chi connectivity index (χ3n) is 3.94. The molecule has 1 unspecified atom stereocenters. The van der Waals surface area contributed by atoms with Gasteiger partial charge in [-0.3, -0.25) is 0 Å². The van der Waals surface area contributed by atoms with Gasteiger partial charge in [0.2, 0.25) is 0 Å². The molecule has 0 aliphatic heterocycles. The van der Waals surface area contributed by atoms with Gasteiger partial charge in [-0.05, 0) is 40.7 Å². The first kappa shape index (κ1) is 8.58. The minimum Gasteiger partial charge on any atom is -0.0761 e. The summed E-state index contributed by atoms with van der Waals surface area (Å²) in [7, 11) is 0. The van der Waals surface area contributed by atoms with Crippen molar-refractivity contribution in [2.45, 2.75) is 18.8 Å². The third-order valence-corrected chi connectivity index (χ3v) is 3.94. The summed E-state index contributed by atoms with van der Waals surface area (Å²) in [6, 6.07) is 13.4. The second-order valence-corrected chi connectivity index (χ2v) is 5.01. The molecule has 2 aliphatic rings. The highest BCUT2D eigenvalue weighted by atomic mass is 14.4. The maximum Gasteiger partial charge on any atom is 0.00559 e. The lowest BCUT2D eigenvalue weighted by Crippen LogP contribution is -2.03. The number of hydrogen-bond acceptors (Lipinski definition) is 0. The molecule has 1 saturated carbocycles. The summed E-state index contributed by atoms with van der Waals surface area (Å²) in [5.74, 6) is 1.59. The van der Waals surface area contributed by atoms with Gasteiger partial charge in [0.1, 0.15) is 0 Å². The quantitative estimate of drug-likeness (QED) is 0.650. The standard InChI is InChI=1S/C16H14/c1-3-12-5-2-6-15-14(11-7-8-11)10-9-13(4-1)16(12)15/h1-6,9-11,14H,7-8H2. The van der Waals surface area contributed by atoms with E-state index in [-0.39, 0.29) is 0 Å². The predicted octanol–water partition coefficient (Wildman–Crippen LogP) is 4.36. The Morgan fingerprint density at radius 3 is 2.56 bits per heavy atom. The van der Waals surface area contributed by atoms with E-state index in [9.17, 15) is 0 Å². The van der Waals surface area contributed by atoms with Gasteiger partial charge in [-0.1, -0.05) is 48.6 Å². The molecule has 0 nitrogen and oxygen atoms in total. The largest absolute Gasteiger partial charge is 0.0761 e. The summed E-state index contributed by atoms with van der Waals surface area (Å²) in [4.78, 5) is 0. The van der Waals surface area contributed by atoms with Crippen LogP contribution in [0.5, 0.6) is 0 Å². The van der Waals surface area contributed by atoms with Crippen LogP contribution in [0.15, 0.2) is 42.5 Å². The summed E-state index contributed by atoms with van der Waals surface area (Å²) < 4.78 is 0. The van der Waals surface area contributed by atoms with Crippen LogP contribution >= 0.6 is 0 Å². The van der Waals surface area contributed by atoms with Gasteiger partial charge in [-0.15, -0.1) is 0 Å². The maximum absolute atomic E-state index is 2.41. The SMILES string of the molecule is C1=CC(C2CC2)c2cccc3cccc1c23. The van der Waals surface area contributed by atoms with Crippen molar-refractivity contribution in [3.63, 3.8) is 0 Å². The number of hydrogen-bond donors (Lipinski definition) is 0. The molecule has 0 bridgehead atoms. The van der Waals surface area contributed by atoms with Gasteiger partial charge in [0.05, 0.1) is 0 Å². The van der Waals surface area contributed by atoms with Crippen molar-refractivity contribution in [3.05, 3.63) is 53.6 Å². The third kappa shape index (κ3) is 1.10. The van der Waals surface area contributed by atoms with Crippen LogP contribution in [0.4, 0.5) is 0 Å². The van der Waals surface area contributed by atoms with Crippen LogP contribution in [0.3, 0.4) is 0 Å². The highest BCUT2D eigenvalue weighted by Crippen LogP contribution is 2.47. The van der Waals surface area contributed by atoms with Gasteiger partial charge in [0.25, 0.3) is 0 Å². The lowest BCUT2D eigenvalue weighted by Gasteiger charge is -2.20. The minimum atomic E-state index is 0.679. The van der Waals surface area contributed by atoms with E-state index in [1.807, 2.05) is 0 Å². The average Bonchev–Trinajstić information content (AvgIpc) is 3.14. The molecule has 1 atom stereocenters. The van der Waals surface area contributed by atoms with Crippen LogP contribution < -0.4 is 0 Å². The summed E-state index contributed by atoms with van der Waals surface area (Å²) in [6.45, 7) is 0. The molecule has 2 aliphatic carbocycles. The Balaban J connectivity index is 2.06. The fourth-order valence-electron chi connectivity index (χ4n) is 2.99. The molecule has 0 spiro atoms. The van der Waals surface area contributed by atoms with E-state index in [4.69, 9.17) is 0 Å². The fourth-order valence-corrected chi connectivity index (χ4v) is 2.99. The van der Waals surface area contributed by atoms with Crippen LogP contribution in [0, 0.1) is 5.92 Å². The second-order valence-electron chi connectivity index (χ2n) is 5.01. The minimum absolute atomic E-state index is 0.679. The van der Waals surface area contributed by atoms with Crippen molar-refractivity contribution in [1.82, 2.24) is 0 Å². The Labute approximate surface area is 95.6 Å². The fraction of sp³-hybridized carbons (Fsp3) is 0.250. The van der Waals surface area contributed by atoms with Crippen LogP contribution in [0.1, 0.15) is 29.9 Å². The molecule has 16 heavy (non-hydrogen) atoms. The molecule has 2 aromatic rings. The number of rotatable bonds is 1. The Bertz CT molecular complexity index is 583. The van der Waals surface area contributed by atoms with Crippen molar-refractivity contribution >= 4 is 16.8 Å². The van der Waals surface area contributed by atoms with Crippen molar-refractivity contribution in [2.24, 2.45) is 5.92 Å². The first-order valence-corrected chi connectivity index (χ1v) is 6.13. The molecule has 0 saturated heterocycles. The molecule has 0 heteroatoms. The maximum atomic E-state index is 2.41. The van der Waals surface area contributed by atoms with E-state index in [0.29, 0.717) is 5.92 Å². The molecule has 0 heterocycles. The highest BCUT2D eigenvalue weighted by molar-refractivity contribution is 5.95. The van der Waals surface area contributed by atoms with Gasteiger partial charge in [0, 0.05) is 5.92 Å². The summed E-state index contributed by atoms with van der Waals surface area (Å²) in [6.07, 6.45) is 7.55. The predicted molar refractivity (Wildman–Crippen MR) is 68.4 cm³/mol. The summed E-state index contributed by atoms with van der Waals surface area (Å²) >= 11 is 0. The molecule has 2 aromatic carbocycles. The molecule has 0 radical (unpaired) electrons. The zero-order valence-electron chi connectivity index (χ0n) is 9.19. The van der Waals surface area contributed by atoms with Crippen molar-refractivity contribution < 1.29 is 0 Å². The molecule has 0 amide bonds. The van der Waals surface area contributed by atoms with E-state index in [1.54, 1.807) is 5.56 Å². The van der Waals surface area contributed by atoms with Crippen LogP contribution in [0.25, 0.3) is 16.8 Å². The Morgan fingerprint density at radius 1 is 0.938 bits per heavy atom. The Hall–Kier alpha value is -1.56. The van der Waals surface area contributed by atoms with Gasteiger partial charge in [-0.2, -0.15) is 0 Å². The molecule has 0 aromatic heterocycles. The molecular weight excluding hydrogens is 192 g/mol. The first-order valence-electron chi connectivity index (χ1n) is 6.13. The van der Waals surface area contributed by atoms with E-state index in [2.05, 4.69) is 48.6 Å². The van der Waals surface area contributed by atoms with Crippen LogP contribution in [-0.2, 0) is 0 Å². The zero-order valence-corrected chi connectivity index (χ0v) is 9.19. The first-order chi connectivity index (χ1) is 7.93. The lowest BCUT2D eigenvalue weighted by molar-refractivity contribution is 0.733. The van der Waals surface area contributed by atoms with Crippen molar-refractivity contribution in [1.29, 1.82) is 0 Å². The lowest BCUT2D eigenvalue weighted by atomic mass is 9.83. The van der Waals surface area contributed by atoms with E-state index >= 15 is 0 Å². The van der Waals surface area contributed by atoms with Gasteiger partial charge in [-0.25, -0.2) is 0 Å². The monoisotopic (exact) mass is 206 g/mol. The normalized spacial score (nSPS) is 22.6. The second kappa shape index (κ2) is 2.98. The van der Waals surface area contributed by atoms with E-state index in [0.717, 1.165) is 5.92 Å². The smallest absolute Gasteiger partial charge is 0.00559 e. The number of benzene rings is 2. The van der Waals surface area contributed by atoms with Crippen LogP contribution in [0.2, 0.25) is 0 Å². The summed E-state index contributed by atoms with van der Waals surface area (Å²) in [5.41, 5.74) is 2.95. The Kier molecular flexibility index (Phi) is 1.59. The van der Waals surface area contributed by atoms with Gasteiger partial charge >= 0.3 is 0 Å². The highest BCUT2D eigenvalue weighted by Gasteiger charge is 2.32. The average molecular weight is 206 g/mol. The van der Waals surface area contributed by atoms with Crippen LogP contribution in [-0.4, -0.2) is 0 Å².